The average Bonchev–Trinajstić information content (AvgIpc) is 2.68. The van der Waals surface area contributed by atoms with Gasteiger partial charge in [-0.15, -0.1) is 0 Å². The summed E-state index contributed by atoms with van der Waals surface area (Å²) in [6, 6.07) is 3.07. The molecule has 0 bridgehead atoms. The Morgan fingerprint density at radius 3 is 1.89 bits per heavy atom. The van der Waals surface area contributed by atoms with Gasteiger partial charge in [0.25, 0.3) is 5.91 Å². The topological polar surface area (TPSA) is 106 Å². The fourth-order valence-electron chi connectivity index (χ4n) is 3.08. The fraction of sp³-hybridized carbons (Fsp3) is 0.421. The van der Waals surface area contributed by atoms with E-state index in [0.29, 0.717) is 0 Å². The number of amides is 1. The number of methoxy groups -OCH3 is 3. The van der Waals surface area contributed by atoms with Gasteiger partial charge in [0.05, 0.1) is 32.0 Å². The second-order valence-electron chi connectivity index (χ2n) is 6.11. The minimum atomic E-state index is -0.558. The number of hydrogen-bond donors (Lipinski definition) is 1. The van der Waals surface area contributed by atoms with E-state index in [4.69, 9.17) is 14.2 Å². The second kappa shape index (κ2) is 8.85. The van der Waals surface area contributed by atoms with Crippen molar-refractivity contribution in [2.45, 2.75) is 0 Å². The number of carbonyl (C=O) groups excluding carboxylic acids is 3. The third-order valence-corrected chi connectivity index (χ3v) is 4.47. The molecule has 1 aromatic carbocycles. The lowest BCUT2D eigenvalue weighted by atomic mass is 9.87. The van der Waals surface area contributed by atoms with Crippen LogP contribution in [0.4, 0.5) is 0 Å². The first-order valence-electron chi connectivity index (χ1n) is 8.50. The number of hydrogen-bond acceptors (Lipinski definition) is 8. The van der Waals surface area contributed by atoms with Crippen LogP contribution in [0.25, 0.3) is 0 Å². The molecule has 2 rings (SSSR count). The smallest absolute Gasteiger partial charge is 0.252 e. The molecule has 9 nitrogen and oxygen atoms in total. The summed E-state index contributed by atoms with van der Waals surface area (Å²) < 4.78 is 15.4. The number of Topliss-reactive ketones (excluding diaryl/α,β-unsaturated/α-hetero) is 2. The molecule has 0 radical (unpaired) electrons. The first kappa shape index (κ1) is 21.4. The van der Waals surface area contributed by atoms with Crippen molar-refractivity contribution in [3.8, 4) is 11.5 Å². The number of benzene rings is 1. The van der Waals surface area contributed by atoms with Crippen LogP contribution in [0.1, 0.15) is 20.7 Å². The van der Waals surface area contributed by atoms with Crippen LogP contribution in [-0.2, 0) is 9.53 Å². The van der Waals surface area contributed by atoms with Gasteiger partial charge in [-0.05, 0) is 12.1 Å². The summed E-state index contributed by atoms with van der Waals surface area (Å²) in [7, 11) is 7.09. The molecule has 1 aliphatic rings. The van der Waals surface area contributed by atoms with Crippen LogP contribution in [0.15, 0.2) is 23.5 Å². The van der Waals surface area contributed by atoms with E-state index in [1.54, 1.807) is 7.05 Å². The fourth-order valence-corrected chi connectivity index (χ4v) is 3.08. The third kappa shape index (κ3) is 3.58. The highest BCUT2D eigenvalue weighted by molar-refractivity contribution is 6.29. The summed E-state index contributed by atoms with van der Waals surface area (Å²) in [5, 5.41) is 9.31. The number of fused-ring (bicyclic) bond motifs is 1. The Bertz CT molecular complexity index is 832. The molecule has 0 atom stereocenters. The zero-order valence-electron chi connectivity index (χ0n) is 16.6. The minimum absolute atomic E-state index is 0.00921. The molecule has 0 spiro atoms. The van der Waals surface area contributed by atoms with Gasteiger partial charge in [-0.1, -0.05) is 0 Å². The van der Waals surface area contributed by atoms with Crippen LogP contribution in [0.2, 0.25) is 0 Å². The van der Waals surface area contributed by atoms with Crippen molar-refractivity contribution in [3.05, 3.63) is 34.7 Å². The van der Waals surface area contributed by atoms with Gasteiger partial charge in [-0.3, -0.25) is 14.4 Å². The highest BCUT2D eigenvalue weighted by Gasteiger charge is 2.41. The molecule has 1 amide bonds. The molecule has 0 aliphatic heterocycles. The molecule has 0 saturated heterocycles. The van der Waals surface area contributed by atoms with E-state index in [9.17, 15) is 19.5 Å². The van der Waals surface area contributed by atoms with E-state index >= 15 is 0 Å². The molecule has 0 unspecified atom stereocenters. The Morgan fingerprint density at radius 1 is 0.964 bits per heavy atom. The average molecular weight is 392 g/mol. The van der Waals surface area contributed by atoms with Gasteiger partial charge in [0.2, 0.25) is 11.6 Å². The maximum absolute atomic E-state index is 13.4. The van der Waals surface area contributed by atoms with Crippen molar-refractivity contribution < 1.29 is 33.7 Å². The number of carbonyl (C=O) groups is 3. The Labute approximate surface area is 163 Å². The third-order valence-electron chi connectivity index (χ3n) is 4.47. The van der Waals surface area contributed by atoms with Crippen molar-refractivity contribution in [2.75, 3.05) is 55.2 Å². The van der Waals surface area contributed by atoms with Crippen molar-refractivity contribution >= 4 is 17.5 Å². The number of ketones is 2. The van der Waals surface area contributed by atoms with Gasteiger partial charge in [-0.2, -0.15) is 0 Å². The van der Waals surface area contributed by atoms with Gasteiger partial charge in [0, 0.05) is 27.7 Å². The van der Waals surface area contributed by atoms with E-state index < -0.39 is 17.5 Å². The Kier molecular flexibility index (Phi) is 6.76. The maximum atomic E-state index is 13.4. The molecule has 9 heteroatoms. The monoisotopic (exact) mass is 392 g/mol. The summed E-state index contributed by atoms with van der Waals surface area (Å²) in [6.07, 6.45) is 0. The number of likely N-dealkylation sites (N-methyl/N-ethyl adjacent to an activating group) is 2. The quantitative estimate of drug-likeness (QED) is 0.675. The summed E-state index contributed by atoms with van der Waals surface area (Å²) in [4.78, 5) is 41.7. The summed E-state index contributed by atoms with van der Waals surface area (Å²) in [5.74, 6) is -1.15. The number of allylic oxidation sites excluding steroid dienone is 2. The number of ether oxygens (including phenoxy) is 3. The van der Waals surface area contributed by atoms with E-state index in [-0.39, 0.29) is 53.8 Å². The largest absolute Gasteiger partial charge is 0.496 e. The van der Waals surface area contributed by atoms with E-state index in [1.807, 2.05) is 0 Å². The van der Waals surface area contributed by atoms with Crippen LogP contribution in [-0.4, -0.2) is 87.6 Å². The van der Waals surface area contributed by atoms with Gasteiger partial charge >= 0.3 is 0 Å². The van der Waals surface area contributed by atoms with Crippen molar-refractivity contribution in [3.63, 3.8) is 0 Å². The number of aliphatic hydroxyl groups is 1. The van der Waals surface area contributed by atoms with E-state index in [1.165, 1.54) is 45.4 Å². The molecule has 0 fully saturated rings. The zero-order valence-corrected chi connectivity index (χ0v) is 16.6. The second-order valence-corrected chi connectivity index (χ2v) is 6.11. The van der Waals surface area contributed by atoms with Crippen molar-refractivity contribution in [2.24, 2.45) is 0 Å². The van der Waals surface area contributed by atoms with Crippen molar-refractivity contribution in [1.82, 2.24) is 9.80 Å². The SMILES string of the molecule is COCC(=O)N(C)C1=C(N(C)CCO)C(=O)c2c(OC)ccc(OC)c2C1=O. The molecular formula is C19H24N2O7. The lowest BCUT2D eigenvalue weighted by molar-refractivity contribution is -0.131. The molecule has 0 aromatic heterocycles. The summed E-state index contributed by atoms with van der Waals surface area (Å²) in [6.45, 7) is -0.418. The highest BCUT2D eigenvalue weighted by atomic mass is 16.5. The molecule has 1 aromatic rings. The van der Waals surface area contributed by atoms with Crippen LogP contribution >= 0.6 is 0 Å². The Balaban J connectivity index is 2.79. The molecule has 1 aliphatic carbocycles. The Hall–Kier alpha value is -2.91. The van der Waals surface area contributed by atoms with Gasteiger partial charge in [0.1, 0.15) is 29.5 Å². The first-order chi connectivity index (χ1) is 13.3. The molecule has 28 heavy (non-hydrogen) atoms. The number of aliphatic hydroxyl groups excluding tert-OH is 1. The predicted octanol–water partition coefficient (Wildman–Crippen LogP) is 0.323. The van der Waals surface area contributed by atoms with Crippen molar-refractivity contribution in [1.29, 1.82) is 0 Å². The molecule has 0 heterocycles. The summed E-state index contributed by atoms with van der Waals surface area (Å²) >= 11 is 0. The molecule has 1 N–H and O–H groups in total. The van der Waals surface area contributed by atoms with Crippen LogP contribution in [0, 0.1) is 0 Å². The van der Waals surface area contributed by atoms with Gasteiger partial charge < -0.3 is 29.1 Å². The predicted molar refractivity (Wildman–Crippen MR) is 99.6 cm³/mol. The standard InChI is InChI=1S/C19H24N2O7/c1-20(8-9-22)16-17(21(2)13(23)10-26-3)19(25)15-12(28-5)7-6-11(27-4)14(15)18(16)24/h6-7,22H,8-10H2,1-5H3. The van der Waals surface area contributed by atoms with E-state index in [0.717, 1.165) is 4.90 Å². The maximum Gasteiger partial charge on any atom is 0.252 e. The van der Waals surface area contributed by atoms with E-state index in [2.05, 4.69) is 0 Å². The van der Waals surface area contributed by atoms with Crippen LogP contribution in [0.5, 0.6) is 11.5 Å². The lowest BCUT2D eigenvalue weighted by Crippen LogP contribution is -2.42. The zero-order chi connectivity index (χ0) is 21.0. The number of nitrogens with zero attached hydrogens (tertiary/aromatic N) is 2. The number of rotatable bonds is 8. The normalized spacial score (nSPS) is 13.4. The Morgan fingerprint density at radius 2 is 1.46 bits per heavy atom. The summed E-state index contributed by atoms with van der Waals surface area (Å²) in [5.41, 5.74) is -0.0323. The molecule has 152 valence electrons. The lowest BCUT2D eigenvalue weighted by Gasteiger charge is -2.32. The highest BCUT2D eigenvalue weighted by Crippen LogP contribution is 2.39. The minimum Gasteiger partial charge on any atom is -0.496 e. The van der Waals surface area contributed by atoms with Crippen LogP contribution < -0.4 is 9.47 Å². The van der Waals surface area contributed by atoms with Gasteiger partial charge in [-0.25, -0.2) is 0 Å². The van der Waals surface area contributed by atoms with Crippen LogP contribution in [0.3, 0.4) is 0 Å². The van der Waals surface area contributed by atoms with Gasteiger partial charge in [0.15, 0.2) is 0 Å². The molecular weight excluding hydrogens is 368 g/mol. The first-order valence-corrected chi connectivity index (χ1v) is 8.50. The molecule has 0 saturated carbocycles.